The first-order valence-corrected chi connectivity index (χ1v) is 10.8. The van der Waals surface area contributed by atoms with Crippen LogP contribution < -0.4 is 10.2 Å². The molecule has 0 unspecified atom stereocenters. The number of aromatic nitrogens is 2. The van der Waals surface area contributed by atoms with Gasteiger partial charge in [0.2, 0.25) is 11.6 Å². The van der Waals surface area contributed by atoms with Gasteiger partial charge in [-0.3, -0.25) is 10.1 Å². The van der Waals surface area contributed by atoms with Crippen molar-refractivity contribution in [3.8, 4) is 0 Å². The SMILES string of the molecule is O=[N+]([O-])c1c(NC2CCCCC2)ncnc1N(Cc1ccccc1)Cc1ccccc1. The quantitative estimate of drug-likeness (QED) is 0.394. The molecule has 31 heavy (non-hydrogen) atoms. The lowest BCUT2D eigenvalue weighted by Gasteiger charge is -2.26. The third-order valence-corrected chi connectivity index (χ3v) is 5.66. The second-order valence-electron chi connectivity index (χ2n) is 7.96. The lowest BCUT2D eigenvalue weighted by Crippen LogP contribution is -2.27. The van der Waals surface area contributed by atoms with Crippen LogP contribution in [0.15, 0.2) is 67.0 Å². The van der Waals surface area contributed by atoms with E-state index in [0.717, 1.165) is 36.8 Å². The summed E-state index contributed by atoms with van der Waals surface area (Å²) in [6, 6.07) is 20.1. The van der Waals surface area contributed by atoms with Crippen molar-refractivity contribution in [1.29, 1.82) is 0 Å². The Hall–Kier alpha value is -3.48. The van der Waals surface area contributed by atoms with Gasteiger partial charge in [-0.2, -0.15) is 0 Å². The van der Waals surface area contributed by atoms with E-state index in [1.165, 1.54) is 12.7 Å². The van der Waals surface area contributed by atoms with Crippen LogP contribution in [0.4, 0.5) is 17.3 Å². The smallest absolute Gasteiger partial charge is 0.353 e. The van der Waals surface area contributed by atoms with Gasteiger partial charge in [-0.15, -0.1) is 0 Å². The minimum Gasteiger partial charge on any atom is -0.361 e. The van der Waals surface area contributed by atoms with Gasteiger partial charge < -0.3 is 10.2 Å². The van der Waals surface area contributed by atoms with E-state index in [0.29, 0.717) is 24.7 Å². The monoisotopic (exact) mass is 417 g/mol. The van der Waals surface area contributed by atoms with Gasteiger partial charge in [-0.1, -0.05) is 79.9 Å². The molecule has 0 atom stereocenters. The van der Waals surface area contributed by atoms with Crippen LogP contribution in [0.2, 0.25) is 0 Å². The highest BCUT2D eigenvalue weighted by atomic mass is 16.6. The van der Waals surface area contributed by atoms with Crippen LogP contribution in [0.25, 0.3) is 0 Å². The van der Waals surface area contributed by atoms with Crippen LogP contribution in [0.1, 0.15) is 43.2 Å². The predicted octanol–water partition coefficient (Wildman–Crippen LogP) is 5.34. The average molecular weight is 418 g/mol. The van der Waals surface area contributed by atoms with E-state index >= 15 is 0 Å². The van der Waals surface area contributed by atoms with Crippen LogP contribution in [0.5, 0.6) is 0 Å². The Morgan fingerprint density at radius 1 is 0.903 bits per heavy atom. The van der Waals surface area contributed by atoms with Crippen molar-refractivity contribution in [1.82, 2.24) is 9.97 Å². The number of nitrogens with zero attached hydrogens (tertiary/aromatic N) is 4. The molecule has 0 aliphatic heterocycles. The maximum atomic E-state index is 12.2. The van der Waals surface area contributed by atoms with Crippen LogP contribution in [0.3, 0.4) is 0 Å². The van der Waals surface area contributed by atoms with E-state index in [1.54, 1.807) is 0 Å². The molecule has 7 heteroatoms. The zero-order valence-corrected chi connectivity index (χ0v) is 17.5. The molecular formula is C24H27N5O2. The molecule has 0 saturated heterocycles. The summed E-state index contributed by atoms with van der Waals surface area (Å²) < 4.78 is 0. The molecule has 3 aromatic rings. The molecule has 1 aliphatic carbocycles. The van der Waals surface area contributed by atoms with E-state index in [9.17, 15) is 10.1 Å². The summed E-state index contributed by atoms with van der Waals surface area (Å²) in [6.07, 6.45) is 6.94. The fraction of sp³-hybridized carbons (Fsp3) is 0.333. The Bertz CT molecular complexity index is 950. The molecule has 0 spiro atoms. The predicted molar refractivity (Wildman–Crippen MR) is 122 cm³/mol. The highest BCUT2D eigenvalue weighted by Gasteiger charge is 2.29. The van der Waals surface area contributed by atoms with Crippen LogP contribution in [-0.4, -0.2) is 20.9 Å². The molecule has 160 valence electrons. The van der Waals surface area contributed by atoms with Crippen LogP contribution in [0, 0.1) is 10.1 Å². The highest BCUT2D eigenvalue weighted by molar-refractivity contribution is 5.70. The number of benzene rings is 2. The van der Waals surface area contributed by atoms with Gasteiger partial charge in [-0.25, -0.2) is 9.97 Å². The van der Waals surface area contributed by atoms with Crippen molar-refractivity contribution in [2.75, 3.05) is 10.2 Å². The van der Waals surface area contributed by atoms with Gasteiger partial charge in [0.05, 0.1) is 4.92 Å². The highest BCUT2D eigenvalue weighted by Crippen LogP contribution is 2.35. The normalized spacial score (nSPS) is 14.2. The minimum absolute atomic E-state index is 0.0556. The third-order valence-electron chi connectivity index (χ3n) is 5.66. The van der Waals surface area contributed by atoms with E-state index in [4.69, 9.17) is 0 Å². The maximum Gasteiger partial charge on any atom is 0.353 e. The molecule has 1 N–H and O–H groups in total. The molecule has 1 fully saturated rings. The molecule has 2 aromatic carbocycles. The van der Waals surface area contributed by atoms with Gasteiger partial charge in [-0.05, 0) is 24.0 Å². The molecule has 1 aromatic heterocycles. The van der Waals surface area contributed by atoms with E-state index in [-0.39, 0.29) is 16.7 Å². The van der Waals surface area contributed by atoms with Gasteiger partial charge in [0.1, 0.15) is 6.33 Å². The largest absolute Gasteiger partial charge is 0.361 e. The maximum absolute atomic E-state index is 12.2. The molecule has 4 rings (SSSR count). The fourth-order valence-corrected chi connectivity index (χ4v) is 4.13. The number of hydrogen-bond acceptors (Lipinski definition) is 6. The lowest BCUT2D eigenvalue weighted by molar-refractivity contribution is -0.383. The summed E-state index contributed by atoms with van der Waals surface area (Å²) in [7, 11) is 0. The summed E-state index contributed by atoms with van der Waals surface area (Å²) in [5.41, 5.74) is 2.07. The molecule has 1 heterocycles. The zero-order valence-electron chi connectivity index (χ0n) is 17.5. The van der Waals surface area contributed by atoms with Gasteiger partial charge >= 0.3 is 5.69 Å². The van der Waals surface area contributed by atoms with E-state index < -0.39 is 0 Å². The van der Waals surface area contributed by atoms with Crippen molar-refractivity contribution in [2.45, 2.75) is 51.2 Å². The standard InChI is InChI=1S/C24H27N5O2/c30-29(31)22-23(27-21-14-8-3-9-15-21)25-18-26-24(22)28(16-19-10-4-1-5-11-19)17-20-12-6-2-7-13-20/h1-2,4-7,10-13,18,21H,3,8-9,14-17H2,(H,25,26,27). The number of hydrogen-bond donors (Lipinski definition) is 1. The van der Waals surface area contributed by atoms with Gasteiger partial charge in [0, 0.05) is 19.1 Å². The Morgan fingerprint density at radius 3 is 2.03 bits per heavy atom. The van der Waals surface area contributed by atoms with Crippen molar-refractivity contribution < 1.29 is 4.92 Å². The molecule has 0 bridgehead atoms. The summed E-state index contributed by atoms with van der Waals surface area (Å²) in [5.74, 6) is 0.652. The molecule has 1 saturated carbocycles. The number of rotatable bonds is 8. The Balaban J connectivity index is 1.70. The van der Waals surface area contributed by atoms with Crippen molar-refractivity contribution in [3.63, 3.8) is 0 Å². The number of nitro groups is 1. The van der Waals surface area contributed by atoms with Crippen LogP contribution in [-0.2, 0) is 13.1 Å². The topological polar surface area (TPSA) is 84.2 Å². The van der Waals surface area contributed by atoms with E-state index in [2.05, 4.69) is 15.3 Å². The first kappa shape index (κ1) is 20.8. The molecular weight excluding hydrogens is 390 g/mol. The first-order chi connectivity index (χ1) is 15.2. The lowest BCUT2D eigenvalue weighted by atomic mass is 9.95. The second-order valence-corrected chi connectivity index (χ2v) is 7.96. The van der Waals surface area contributed by atoms with Gasteiger partial charge in [0.15, 0.2) is 0 Å². The molecule has 0 amide bonds. The molecule has 1 aliphatic rings. The second kappa shape index (κ2) is 10.0. The van der Waals surface area contributed by atoms with Crippen molar-refractivity contribution in [2.24, 2.45) is 0 Å². The fourth-order valence-electron chi connectivity index (χ4n) is 4.13. The van der Waals surface area contributed by atoms with Gasteiger partial charge in [0.25, 0.3) is 0 Å². The minimum atomic E-state index is -0.358. The average Bonchev–Trinajstić information content (AvgIpc) is 2.80. The molecule has 7 nitrogen and oxygen atoms in total. The Labute approximate surface area is 182 Å². The summed E-state index contributed by atoms with van der Waals surface area (Å²) in [6.45, 7) is 1.02. The Kier molecular flexibility index (Phi) is 6.72. The van der Waals surface area contributed by atoms with Crippen molar-refractivity contribution >= 4 is 17.3 Å². The van der Waals surface area contributed by atoms with Crippen LogP contribution >= 0.6 is 0 Å². The summed E-state index contributed by atoms with van der Waals surface area (Å²) in [4.78, 5) is 22.4. The third kappa shape index (κ3) is 5.36. The summed E-state index contributed by atoms with van der Waals surface area (Å²) in [5, 5.41) is 15.5. The molecule has 0 radical (unpaired) electrons. The Morgan fingerprint density at radius 2 is 1.48 bits per heavy atom. The van der Waals surface area contributed by atoms with E-state index in [1.807, 2.05) is 65.6 Å². The number of anilines is 2. The first-order valence-electron chi connectivity index (χ1n) is 10.8. The zero-order chi connectivity index (χ0) is 21.5. The van der Waals surface area contributed by atoms with Crippen molar-refractivity contribution in [3.05, 3.63) is 88.2 Å². The number of nitrogens with one attached hydrogen (secondary N) is 1. The summed E-state index contributed by atoms with van der Waals surface area (Å²) >= 11 is 0.